The molecule has 1 aliphatic heterocycles. The number of amidine groups is 1. The van der Waals surface area contributed by atoms with Gasteiger partial charge in [0.1, 0.15) is 0 Å². The maximum atomic E-state index is 8.70. The van der Waals surface area contributed by atoms with Crippen LogP contribution in [0.2, 0.25) is 0 Å². The zero-order valence-corrected chi connectivity index (χ0v) is 10.6. The molecule has 1 heterocycles. The molecule has 1 unspecified atom stereocenters. The van der Waals surface area contributed by atoms with Gasteiger partial charge in [-0.3, -0.25) is 4.99 Å². The SMILES string of the molecule is CCC1CN=C(NCc2ccc(C#N)cc2)S1. The summed E-state index contributed by atoms with van der Waals surface area (Å²) in [6.45, 7) is 3.89. The molecule has 0 amide bonds. The topological polar surface area (TPSA) is 48.2 Å². The molecule has 0 spiro atoms. The number of nitrogens with one attached hydrogen (secondary N) is 1. The van der Waals surface area contributed by atoms with E-state index in [1.807, 2.05) is 36.0 Å². The van der Waals surface area contributed by atoms with Gasteiger partial charge in [-0.05, 0) is 24.1 Å². The van der Waals surface area contributed by atoms with Crippen molar-refractivity contribution in [3.8, 4) is 6.07 Å². The predicted molar refractivity (Wildman–Crippen MR) is 72.0 cm³/mol. The highest BCUT2D eigenvalue weighted by Gasteiger charge is 2.16. The molecule has 3 nitrogen and oxygen atoms in total. The lowest BCUT2D eigenvalue weighted by molar-refractivity contribution is 0.839. The highest BCUT2D eigenvalue weighted by atomic mass is 32.2. The number of thioether (sulfide) groups is 1. The van der Waals surface area contributed by atoms with Crippen LogP contribution in [0, 0.1) is 11.3 Å². The molecule has 0 radical (unpaired) electrons. The lowest BCUT2D eigenvalue weighted by Crippen LogP contribution is -2.18. The van der Waals surface area contributed by atoms with E-state index in [1.165, 1.54) is 5.56 Å². The number of nitrogens with zero attached hydrogens (tertiary/aromatic N) is 2. The van der Waals surface area contributed by atoms with E-state index >= 15 is 0 Å². The van der Waals surface area contributed by atoms with Crippen LogP contribution in [0.5, 0.6) is 0 Å². The lowest BCUT2D eigenvalue weighted by Gasteiger charge is -2.07. The molecule has 0 saturated heterocycles. The van der Waals surface area contributed by atoms with Gasteiger partial charge in [-0.2, -0.15) is 5.26 Å². The van der Waals surface area contributed by atoms with Crippen molar-refractivity contribution in [3.63, 3.8) is 0 Å². The summed E-state index contributed by atoms with van der Waals surface area (Å²) in [7, 11) is 0. The van der Waals surface area contributed by atoms with Gasteiger partial charge in [0.15, 0.2) is 5.17 Å². The van der Waals surface area contributed by atoms with Crippen molar-refractivity contribution >= 4 is 16.9 Å². The van der Waals surface area contributed by atoms with E-state index in [0.29, 0.717) is 10.8 Å². The second kappa shape index (κ2) is 5.74. The van der Waals surface area contributed by atoms with E-state index in [1.54, 1.807) is 0 Å². The first kappa shape index (κ1) is 12.0. The largest absolute Gasteiger partial charge is 0.361 e. The van der Waals surface area contributed by atoms with Crippen molar-refractivity contribution in [2.75, 3.05) is 6.54 Å². The third-order valence-corrected chi connectivity index (χ3v) is 4.01. The third-order valence-electron chi connectivity index (χ3n) is 2.70. The molecular weight excluding hydrogens is 230 g/mol. The van der Waals surface area contributed by atoms with Crippen LogP contribution in [-0.2, 0) is 6.54 Å². The molecule has 4 heteroatoms. The molecule has 0 fully saturated rings. The van der Waals surface area contributed by atoms with E-state index in [4.69, 9.17) is 5.26 Å². The fourth-order valence-corrected chi connectivity index (χ4v) is 2.54. The Morgan fingerprint density at radius 2 is 2.24 bits per heavy atom. The maximum Gasteiger partial charge on any atom is 0.157 e. The molecule has 0 aromatic heterocycles. The fraction of sp³-hybridized carbons (Fsp3) is 0.385. The minimum absolute atomic E-state index is 0.637. The molecular formula is C13H15N3S. The van der Waals surface area contributed by atoms with Crippen LogP contribution in [-0.4, -0.2) is 17.0 Å². The molecule has 17 heavy (non-hydrogen) atoms. The van der Waals surface area contributed by atoms with E-state index in [0.717, 1.165) is 24.7 Å². The zero-order chi connectivity index (χ0) is 12.1. The normalized spacial score (nSPS) is 18.6. The van der Waals surface area contributed by atoms with Crippen LogP contribution in [0.1, 0.15) is 24.5 Å². The van der Waals surface area contributed by atoms with Crippen LogP contribution < -0.4 is 5.32 Å². The smallest absolute Gasteiger partial charge is 0.157 e. The van der Waals surface area contributed by atoms with Gasteiger partial charge in [-0.15, -0.1) is 0 Å². The van der Waals surface area contributed by atoms with Crippen LogP contribution in [0.3, 0.4) is 0 Å². The van der Waals surface area contributed by atoms with Gasteiger partial charge >= 0.3 is 0 Å². The van der Waals surface area contributed by atoms with Gasteiger partial charge in [0.2, 0.25) is 0 Å². The zero-order valence-electron chi connectivity index (χ0n) is 9.81. The Morgan fingerprint density at radius 1 is 1.47 bits per heavy atom. The van der Waals surface area contributed by atoms with Gasteiger partial charge in [0, 0.05) is 11.8 Å². The van der Waals surface area contributed by atoms with Crippen LogP contribution in [0.15, 0.2) is 29.3 Å². The quantitative estimate of drug-likeness (QED) is 0.890. The second-order valence-corrected chi connectivity index (χ2v) is 5.25. The number of hydrogen-bond acceptors (Lipinski definition) is 4. The van der Waals surface area contributed by atoms with Gasteiger partial charge < -0.3 is 5.32 Å². The van der Waals surface area contributed by atoms with Gasteiger partial charge in [-0.25, -0.2) is 0 Å². The van der Waals surface area contributed by atoms with Crippen molar-refractivity contribution in [3.05, 3.63) is 35.4 Å². The summed E-state index contributed by atoms with van der Waals surface area (Å²) in [5, 5.41) is 13.7. The van der Waals surface area contributed by atoms with Gasteiger partial charge in [0.25, 0.3) is 0 Å². The Labute approximate surface area is 106 Å². The minimum Gasteiger partial charge on any atom is -0.361 e. The molecule has 0 saturated carbocycles. The van der Waals surface area contributed by atoms with Crippen LogP contribution in [0.4, 0.5) is 0 Å². The average molecular weight is 245 g/mol. The van der Waals surface area contributed by atoms with Gasteiger partial charge in [0.05, 0.1) is 18.2 Å². The highest BCUT2D eigenvalue weighted by Crippen LogP contribution is 2.22. The van der Waals surface area contributed by atoms with E-state index in [9.17, 15) is 0 Å². The van der Waals surface area contributed by atoms with E-state index in [-0.39, 0.29) is 0 Å². The molecule has 1 aromatic rings. The first-order chi connectivity index (χ1) is 8.31. The van der Waals surface area contributed by atoms with Crippen molar-refractivity contribution in [2.24, 2.45) is 4.99 Å². The summed E-state index contributed by atoms with van der Waals surface area (Å²) in [5.41, 5.74) is 1.87. The van der Waals surface area contributed by atoms with Gasteiger partial charge in [-0.1, -0.05) is 30.8 Å². The summed E-state index contributed by atoms with van der Waals surface area (Å²) < 4.78 is 0. The molecule has 2 rings (SSSR count). The summed E-state index contributed by atoms with van der Waals surface area (Å²) >= 11 is 1.82. The lowest BCUT2D eigenvalue weighted by atomic mass is 10.1. The van der Waals surface area contributed by atoms with Crippen molar-refractivity contribution in [1.29, 1.82) is 5.26 Å². The predicted octanol–water partition coefficient (Wildman–Crippen LogP) is 2.53. The van der Waals surface area contributed by atoms with E-state index in [2.05, 4.69) is 23.3 Å². The molecule has 1 aromatic carbocycles. The Kier molecular flexibility index (Phi) is 4.05. The Hall–Kier alpha value is -1.47. The molecule has 1 aliphatic rings. The van der Waals surface area contributed by atoms with Crippen molar-refractivity contribution in [2.45, 2.75) is 25.1 Å². The standard InChI is InChI=1S/C13H15N3S/c1-2-12-9-16-13(17-12)15-8-11-5-3-10(7-14)4-6-11/h3-6,12H,2,8-9H2,1H3,(H,15,16). The monoisotopic (exact) mass is 245 g/mol. The maximum absolute atomic E-state index is 8.70. The highest BCUT2D eigenvalue weighted by molar-refractivity contribution is 8.14. The summed E-state index contributed by atoms with van der Waals surface area (Å²) in [6, 6.07) is 9.75. The Balaban J connectivity index is 1.84. The number of hydrogen-bond donors (Lipinski definition) is 1. The van der Waals surface area contributed by atoms with Crippen LogP contribution in [0.25, 0.3) is 0 Å². The van der Waals surface area contributed by atoms with Crippen molar-refractivity contribution in [1.82, 2.24) is 5.32 Å². The summed E-state index contributed by atoms with van der Waals surface area (Å²) in [4.78, 5) is 4.45. The van der Waals surface area contributed by atoms with Crippen molar-refractivity contribution < 1.29 is 0 Å². The Morgan fingerprint density at radius 3 is 2.82 bits per heavy atom. The number of nitriles is 1. The molecule has 0 bridgehead atoms. The molecule has 1 N–H and O–H groups in total. The molecule has 0 aliphatic carbocycles. The summed E-state index contributed by atoms with van der Waals surface area (Å²) in [5.74, 6) is 0. The minimum atomic E-state index is 0.637. The fourth-order valence-electron chi connectivity index (χ4n) is 1.60. The first-order valence-electron chi connectivity index (χ1n) is 5.76. The number of aliphatic imine (C=N–C) groups is 1. The van der Waals surface area contributed by atoms with E-state index < -0.39 is 0 Å². The average Bonchev–Trinajstić information content (AvgIpc) is 2.85. The molecule has 1 atom stereocenters. The first-order valence-corrected chi connectivity index (χ1v) is 6.63. The second-order valence-electron chi connectivity index (χ2n) is 3.96. The third kappa shape index (κ3) is 3.24. The number of benzene rings is 1. The Bertz CT molecular complexity index is 445. The molecule has 88 valence electrons. The van der Waals surface area contributed by atoms with Crippen LogP contribution >= 0.6 is 11.8 Å². The number of rotatable bonds is 3. The summed E-state index contributed by atoms with van der Waals surface area (Å²) in [6.07, 6.45) is 1.16.